The minimum Gasteiger partial charge on any atom is -0.482 e. The summed E-state index contributed by atoms with van der Waals surface area (Å²) in [7, 11) is 0. The molecule has 136 valence electrons. The number of ether oxygens (including phenoxy) is 2. The quantitative estimate of drug-likeness (QED) is 0.828. The van der Waals surface area contributed by atoms with Crippen LogP contribution in [0.2, 0.25) is 0 Å². The second-order valence-electron chi connectivity index (χ2n) is 6.11. The smallest absolute Gasteiger partial charge is 0.265 e. The Morgan fingerprint density at radius 3 is 2.31 bits per heavy atom. The maximum atomic E-state index is 12.3. The molecule has 2 aromatic rings. The number of fused-ring (bicyclic) bond motifs is 1. The Kier molecular flexibility index (Phi) is 5.73. The first-order valence-electron chi connectivity index (χ1n) is 8.64. The lowest BCUT2D eigenvalue weighted by molar-refractivity contribution is -0.135. The van der Waals surface area contributed by atoms with Gasteiger partial charge >= 0.3 is 0 Å². The van der Waals surface area contributed by atoms with Crippen LogP contribution in [0.1, 0.15) is 12.5 Å². The van der Waals surface area contributed by atoms with Crippen molar-refractivity contribution in [1.29, 1.82) is 0 Å². The molecule has 0 bridgehead atoms. The van der Waals surface area contributed by atoms with Gasteiger partial charge in [-0.1, -0.05) is 42.5 Å². The molecule has 2 unspecified atom stereocenters. The fourth-order valence-corrected chi connectivity index (χ4v) is 2.73. The highest BCUT2D eigenvalue weighted by Crippen LogP contribution is 2.33. The van der Waals surface area contributed by atoms with E-state index in [0.29, 0.717) is 18.0 Å². The molecule has 1 aliphatic heterocycles. The summed E-state index contributed by atoms with van der Waals surface area (Å²) in [5, 5.41) is 5.40. The maximum absolute atomic E-state index is 12.3. The van der Waals surface area contributed by atoms with Crippen molar-refractivity contribution in [3.63, 3.8) is 0 Å². The zero-order valence-corrected chi connectivity index (χ0v) is 14.6. The molecule has 0 radical (unpaired) electrons. The van der Waals surface area contributed by atoms with E-state index in [2.05, 4.69) is 10.6 Å². The SMILES string of the molecule is CC1Oc2ccccc2OC1C(=O)NCC(=O)NCCc1ccccc1. The molecule has 2 aromatic carbocycles. The molecule has 0 spiro atoms. The van der Waals surface area contributed by atoms with Crippen molar-refractivity contribution in [2.45, 2.75) is 25.6 Å². The number of benzene rings is 2. The van der Waals surface area contributed by atoms with Gasteiger partial charge in [0.1, 0.15) is 6.10 Å². The van der Waals surface area contributed by atoms with Gasteiger partial charge in [0.15, 0.2) is 11.5 Å². The maximum Gasteiger partial charge on any atom is 0.265 e. The second kappa shape index (κ2) is 8.38. The third-order valence-corrected chi connectivity index (χ3v) is 4.10. The number of amides is 2. The van der Waals surface area contributed by atoms with Gasteiger partial charge in [0, 0.05) is 6.54 Å². The fraction of sp³-hybridized carbons (Fsp3) is 0.300. The summed E-state index contributed by atoms with van der Waals surface area (Å²) in [6.07, 6.45) is -0.485. The topological polar surface area (TPSA) is 76.7 Å². The largest absolute Gasteiger partial charge is 0.482 e. The van der Waals surface area contributed by atoms with E-state index in [1.165, 1.54) is 0 Å². The van der Waals surface area contributed by atoms with Crippen LogP contribution in [0.15, 0.2) is 54.6 Å². The van der Waals surface area contributed by atoms with Gasteiger partial charge in [0.05, 0.1) is 6.54 Å². The van der Waals surface area contributed by atoms with E-state index in [1.54, 1.807) is 19.1 Å². The number of para-hydroxylation sites is 2. The van der Waals surface area contributed by atoms with Gasteiger partial charge in [-0.2, -0.15) is 0 Å². The molecule has 2 amide bonds. The highest BCUT2D eigenvalue weighted by Gasteiger charge is 2.34. The van der Waals surface area contributed by atoms with Gasteiger partial charge in [-0.05, 0) is 31.0 Å². The molecule has 26 heavy (non-hydrogen) atoms. The first-order valence-corrected chi connectivity index (χ1v) is 8.64. The van der Waals surface area contributed by atoms with Crippen LogP contribution in [0, 0.1) is 0 Å². The van der Waals surface area contributed by atoms with Crippen LogP contribution in [-0.2, 0) is 16.0 Å². The normalized spacial score (nSPS) is 18.0. The van der Waals surface area contributed by atoms with Crippen molar-refractivity contribution in [1.82, 2.24) is 10.6 Å². The predicted molar refractivity (Wildman–Crippen MR) is 97.1 cm³/mol. The van der Waals surface area contributed by atoms with E-state index in [9.17, 15) is 9.59 Å². The Hall–Kier alpha value is -3.02. The molecular weight excluding hydrogens is 332 g/mol. The Morgan fingerprint density at radius 2 is 1.58 bits per heavy atom. The molecule has 3 rings (SSSR count). The lowest BCUT2D eigenvalue weighted by Gasteiger charge is -2.30. The average molecular weight is 354 g/mol. The monoisotopic (exact) mass is 354 g/mol. The van der Waals surface area contributed by atoms with Gasteiger partial charge < -0.3 is 20.1 Å². The van der Waals surface area contributed by atoms with Gasteiger partial charge in [-0.3, -0.25) is 9.59 Å². The molecule has 0 saturated heterocycles. The summed E-state index contributed by atoms with van der Waals surface area (Å²) in [6.45, 7) is 2.19. The lowest BCUT2D eigenvalue weighted by atomic mass is 10.1. The van der Waals surface area contributed by atoms with E-state index in [1.807, 2.05) is 42.5 Å². The molecular formula is C20H22N2O4. The van der Waals surface area contributed by atoms with Crippen LogP contribution >= 0.6 is 0 Å². The van der Waals surface area contributed by atoms with Crippen LogP contribution in [0.3, 0.4) is 0 Å². The van der Waals surface area contributed by atoms with Crippen LogP contribution in [-0.4, -0.2) is 37.1 Å². The highest BCUT2D eigenvalue weighted by atomic mass is 16.6. The summed E-state index contributed by atoms with van der Waals surface area (Å²) in [5.74, 6) is 0.532. The number of hydrogen-bond donors (Lipinski definition) is 2. The Morgan fingerprint density at radius 1 is 0.923 bits per heavy atom. The molecule has 0 fully saturated rings. The third-order valence-electron chi connectivity index (χ3n) is 4.10. The molecule has 1 heterocycles. The molecule has 6 heteroatoms. The third kappa shape index (κ3) is 4.53. The van der Waals surface area contributed by atoms with Crippen LogP contribution in [0.5, 0.6) is 11.5 Å². The standard InChI is InChI=1S/C20H22N2O4/c1-14-19(26-17-10-6-5-9-16(17)25-14)20(24)22-13-18(23)21-12-11-15-7-3-2-4-8-15/h2-10,14,19H,11-13H2,1H3,(H,21,23)(H,22,24). The first kappa shape index (κ1) is 17.8. The van der Waals surface area contributed by atoms with E-state index >= 15 is 0 Å². The van der Waals surface area contributed by atoms with Crippen molar-refractivity contribution >= 4 is 11.8 Å². The number of rotatable bonds is 6. The number of carbonyl (C=O) groups excluding carboxylic acids is 2. The highest BCUT2D eigenvalue weighted by molar-refractivity contribution is 5.87. The summed E-state index contributed by atoms with van der Waals surface area (Å²) in [5.41, 5.74) is 1.15. The van der Waals surface area contributed by atoms with Crippen molar-refractivity contribution in [3.05, 3.63) is 60.2 Å². The minimum atomic E-state index is -0.790. The van der Waals surface area contributed by atoms with Crippen LogP contribution in [0.4, 0.5) is 0 Å². The minimum absolute atomic E-state index is 0.0954. The Balaban J connectivity index is 1.43. The van der Waals surface area contributed by atoms with E-state index in [0.717, 1.165) is 12.0 Å². The summed E-state index contributed by atoms with van der Waals surface area (Å²) >= 11 is 0. The van der Waals surface area contributed by atoms with Crippen LogP contribution < -0.4 is 20.1 Å². The molecule has 2 N–H and O–H groups in total. The Bertz CT molecular complexity index is 763. The first-order chi connectivity index (χ1) is 12.6. The molecule has 6 nitrogen and oxygen atoms in total. The molecule has 0 aliphatic carbocycles. The number of carbonyl (C=O) groups is 2. The molecule has 2 atom stereocenters. The van der Waals surface area contributed by atoms with Crippen molar-refractivity contribution in [2.75, 3.05) is 13.1 Å². The Labute approximate surface area is 152 Å². The average Bonchev–Trinajstić information content (AvgIpc) is 2.66. The molecule has 0 aromatic heterocycles. The number of hydrogen-bond acceptors (Lipinski definition) is 4. The van der Waals surface area contributed by atoms with Crippen molar-refractivity contribution in [3.8, 4) is 11.5 Å². The van der Waals surface area contributed by atoms with Crippen molar-refractivity contribution in [2.24, 2.45) is 0 Å². The van der Waals surface area contributed by atoms with Gasteiger partial charge in [-0.15, -0.1) is 0 Å². The molecule has 1 aliphatic rings. The summed E-state index contributed by atoms with van der Waals surface area (Å²) in [4.78, 5) is 24.2. The zero-order chi connectivity index (χ0) is 18.4. The van der Waals surface area contributed by atoms with E-state index < -0.39 is 12.2 Å². The van der Waals surface area contributed by atoms with Crippen LogP contribution in [0.25, 0.3) is 0 Å². The van der Waals surface area contributed by atoms with Gasteiger partial charge in [0.25, 0.3) is 5.91 Å². The predicted octanol–water partition coefficient (Wildman–Crippen LogP) is 1.69. The molecule has 0 saturated carbocycles. The second-order valence-corrected chi connectivity index (χ2v) is 6.11. The van der Waals surface area contributed by atoms with E-state index in [-0.39, 0.29) is 18.4 Å². The lowest BCUT2D eigenvalue weighted by Crippen LogP contribution is -2.51. The number of nitrogens with one attached hydrogen (secondary N) is 2. The zero-order valence-electron chi connectivity index (χ0n) is 14.6. The van der Waals surface area contributed by atoms with Crippen molar-refractivity contribution < 1.29 is 19.1 Å². The summed E-state index contributed by atoms with van der Waals surface area (Å²) in [6, 6.07) is 17.1. The fourth-order valence-electron chi connectivity index (χ4n) is 2.73. The van der Waals surface area contributed by atoms with Gasteiger partial charge in [-0.25, -0.2) is 0 Å². The van der Waals surface area contributed by atoms with Gasteiger partial charge in [0.2, 0.25) is 12.0 Å². The summed E-state index contributed by atoms with van der Waals surface area (Å²) < 4.78 is 11.4. The van der Waals surface area contributed by atoms with E-state index in [4.69, 9.17) is 9.47 Å².